The predicted octanol–water partition coefficient (Wildman–Crippen LogP) is 3.53. The highest BCUT2D eigenvalue weighted by molar-refractivity contribution is 7.82. The smallest absolute Gasteiger partial charge is 0.320 e. The molecule has 0 N–H and O–H groups in total. The zero-order valence-electron chi connectivity index (χ0n) is 10.7. The van der Waals surface area contributed by atoms with E-state index in [0.717, 1.165) is 0 Å². The van der Waals surface area contributed by atoms with Gasteiger partial charge in [-0.1, -0.05) is 29.3 Å². The summed E-state index contributed by atoms with van der Waals surface area (Å²) in [4.78, 5) is 24.2. The van der Waals surface area contributed by atoms with Gasteiger partial charge < -0.3 is 4.74 Å². The van der Waals surface area contributed by atoms with Gasteiger partial charge >= 0.3 is 5.97 Å². The molecule has 1 atom stereocenters. The van der Waals surface area contributed by atoms with Gasteiger partial charge in [0.25, 0.3) is 0 Å². The number of halogens is 2. The van der Waals surface area contributed by atoms with Crippen LogP contribution in [0, 0.1) is 0 Å². The number of methoxy groups -OCH3 is 1. The molecule has 0 heterocycles. The average molecular weight is 321 g/mol. The first-order valence-electron chi connectivity index (χ1n) is 5.48. The zero-order chi connectivity index (χ0) is 14.8. The molecule has 1 unspecified atom stereocenters. The predicted molar refractivity (Wildman–Crippen MR) is 79.3 cm³/mol. The van der Waals surface area contributed by atoms with E-state index >= 15 is 0 Å². The Morgan fingerprint density at radius 3 is 2.32 bits per heavy atom. The van der Waals surface area contributed by atoms with E-state index in [1.807, 2.05) is 0 Å². The van der Waals surface area contributed by atoms with Crippen molar-refractivity contribution in [2.45, 2.75) is 24.5 Å². The Morgan fingerprint density at radius 1 is 1.32 bits per heavy atom. The first kappa shape index (κ1) is 16.3. The van der Waals surface area contributed by atoms with Crippen LogP contribution in [0.25, 0.3) is 0 Å². The number of benzene rings is 1. The van der Waals surface area contributed by atoms with E-state index in [1.54, 1.807) is 26.0 Å². The third kappa shape index (κ3) is 3.88. The third-order valence-corrected chi connectivity index (χ3v) is 3.36. The van der Waals surface area contributed by atoms with Crippen molar-refractivity contribution in [2.24, 2.45) is 0 Å². The van der Waals surface area contributed by atoms with Crippen molar-refractivity contribution >= 4 is 47.6 Å². The van der Waals surface area contributed by atoms with Crippen LogP contribution in [0.4, 0.5) is 0 Å². The van der Waals surface area contributed by atoms with Crippen molar-refractivity contribution in [2.75, 3.05) is 7.11 Å². The van der Waals surface area contributed by atoms with E-state index in [4.69, 9.17) is 23.2 Å². The molecule has 3 nitrogen and oxygen atoms in total. The molecule has 0 saturated carbocycles. The molecule has 1 aromatic carbocycles. The Balaban J connectivity index is 3.33. The molecular weight excluding hydrogens is 307 g/mol. The molecule has 6 heteroatoms. The number of ether oxygens (including phenoxy) is 1. The zero-order valence-corrected chi connectivity index (χ0v) is 13.1. The Labute approximate surface area is 127 Å². The van der Waals surface area contributed by atoms with Crippen LogP contribution < -0.4 is 0 Å². The molecule has 0 bridgehead atoms. The highest BCUT2D eigenvalue weighted by Gasteiger charge is 2.38. The van der Waals surface area contributed by atoms with Crippen molar-refractivity contribution in [1.82, 2.24) is 0 Å². The lowest BCUT2D eigenvalue weighted by Gasteiger charge is -2.23. The Morgan fingerprint density at radius 2 is 1.89 bits per heavy atom. The maximum Gasteiger partial charge on any atom is 0.320 e. The van der Waals surface area contributed by atoms with Gasteiger partial charge in [0, 0.05) is 10.0 Å². The summed E-state index contributed by atoms with van der Waals surface area (Å²) in [7, 11) is 1.22. The van der Waals surface area contributed by atoms with E-state index in [-0.39, 0.29) is 10.8 Å². The normalized spacial score (nSPS) is 12.9. The molecule has 0 aromatic heterocycles. The largest absolute Gasteiger partial charge is 0.468 e. The molecule has 19 heavy (non-hydrogen) atoms. The number of esters is 1. The Kier molecular flexibility index (Phi) is 5.30. The van der Waals surface area contributed by atoms with Crippen molar-refractivity contribution < 1.29 is 14.3 Å². The molecule has 1 aromatic rings. The maximum absolute atomic E-state index is 12.3. The molecule has 0 saturated heterocycles. The first-order valence-corrected chi connectivity index (χ1v) is 6.68. The minimum Gasteiger partial charge on any atom is -0.468 e. The number of hydrogen-bond donors (Lipinski definition) is 1. The van der Waals surface area contributed by atoms with Crippen LogP contribution in [0.1, 0.15) is 25.3 Å². The molecule has 0 spiro atoms. The minimum atomic E-state index is -1.11. The summed E-state index contributed by atoms with van der Waals surface area (Å²) in [6.45, 7) is 3.22. The lowest BCUT2D eigenvalue weighted by Crippen LogP contribution is -2.35. The molecule has 0 amide bonds. The fraction of sp³-hybridized carbons (Fsp3) is 0.385. The second kappa shape index (κ2) is 6.16. The van der Waals surface area contributed by atoms with Gasteiger partial charge in [0.1, 0.15) is 5.92 Å². The highest BCUT2D eigenvalue weighted by Crippen LogP contribution is 2.33. The van der Waals surface area contributed by atoms with Gasteiger partial charge in [-0.15, -0.1) is 0 Å². The summed E-state index contributed by atoms with van der Waals surface area (Å²) < 4.78 is 3.70. The molecule has 0 fully saturated rings. The van der Waals surface area contributed by atoms with Gasteiger partial charge in [-0.2, -0.15) is 12.6 Å². The average Bonchev–Trinajstić information content (AvgIpc) is 2.30. The molecule has 0 radical (unpaired) electrons. The van der Waals surface area contributed by atoms with Crippen LogP contribution in [-0.2, 0) is 14.3 Å². The molecule has 104 valence electrons. The van der Waals surface area contributed by atoms with Gasteiger partial charge in [0.05, 0.1) is 11.9 Å². The summed E-state index contributed by atoms with van der Waals surface area (Å²) in [6, 6.07) is 4.59. The molecule has 0 aliphatic rings. The lowest BCUT2D eigenvalue weighted by molar-refractivity contribution is -0.146. The number of rotatable bonds is 4. The highest BCUT2D eigenvalue weighted by atomic mass is 35.5. The van der Waals surface area contributed by atoms with Gasteiger partial charge in [0.15, 0.2) is 5.78 Å². The molecular formula is C13H14Cl2O3S. The quantitative estimate of drug-likeness (QED) is 0.524. The van der Waals surface area contributed by atoms with Crippen LogP contribution >= 0.6 is 35.8 Å². The topological polar surface area (TPSA) is 43.4 Å². The number of Topliss-reactive ketones (excluding diaryl/α,β-unsaturated/α-hetero) is 1. The standard InChI is InChI=1S/C13H14Cl2O3S/c1-13(2,19)11(16)10(12(17)18-3)8-5-4-7(14)6-9(8)15/h4-6,10,19H,1-3H3. The summed E-state index contributed by atoms with van der Waals surface area (Å²) in [5, 5.41) is 0.670. The summed E-state index contributed by atoms with van der Waals surface area (Å²) >= 11 is 16.1. The number of carbonyl (C=O) groups excluding carboxylic acids is 2. The van der Waals surface area contributed by atoms with E-state index in [9.17, 15) is 9.59 Å². The van der Waals surface area contributed by atoms with Gasteiger partial charge in [-0.25, -0.2) is 0 Å². The Bertz CT molecular complexity index is 509. The van der Waals surface area contributed by atoms with Crippen molar-refractivity contribution in [1.29, 1.82) is 0 Å². The maximum atomic E-state index is 12.3. The number of thiol groups is 1. The van der Waals surface area contributed by atoms with Gasteiger partial charge in [0.2, 0.25) is 0 Å². The van der Waals surface area contributed by atoms with Crippen molar-refractivity contribution in [3.63, 3.8) is 0 Å². The van der Waals surface area contributed by atoms with Gasteiger partial charge in [-0.05, 0) is 31.5 Å². The molecule has 1 rings (SSSR count). The van der Waals surface area contributed by atoms with E-state index in [0.29, 0.717) is 10.6 Å². The number of carbonyl (C=O) groups is 2. The lowest BCUT2D eigenvalue weighted by atomic mass is 9.88. The van der Waals surface area contributed by atoms with Gasteiger partial charge in [-0.3, -0.25) is 9.59 Å². The fourth-order valence-corrected chi connectivity index (χ4v) is 2.23. The van der Waals surface area contributed by atoms with Crippen LogP contribution in [-0.4, -0.2) is 23.6 Å². The third-order valence-electron chi connectivity index (χ3n) is 2.58. The summed E-state index contributed by atoms with van der Waals surface area (Å²) in [6.07, 6.45) is 0. The van der Waals surface area contributed by atoms with E-state index < -0.39 is 16.6 Å². The fourth-order valence-electron chi connectivity index (χ4n) is 1.58. The number of ketones is 1. The SMILES string of the molecule is COC(=O)C(C(=O)C(C)(C)S)c1ccc(Cl)cc1Cl. The van der Waals surface area contributed by atoms with Crippen molar-refractivity contribution in [3.8, 4) is 0 Å². The van der Waals surface area contributed by atoms with E-state index in [1.165, 1.54) is 13.2 Å². The summed E-state index contributed by atoms with van der Waals surface area (Å²) in [5.41, 5.74) is 0.366. The first-order chi connectivity index (χ1) is 8.68. The van der Waals surface area contributed by atoms with Crippen LogP contribution in [0.5, 0.6) is 0 Å². The minimum absolute atomic E-state index is 0.244. The molecule has 0 aliphatic carbocycles. The number of hydrogen-bond acceptors (Lipinski definition) is 4. The monoisotopic (exact) mass is 320 g/mol. The summed E-state index contributed by atoms with van der Waals surface area (Å²) in [5.74, 6) is -2.16. The Hall–Kier alpha value is -0.710. The molecule has 0 aliphatic heterocycles. The van der Waals surface area contributed by atoms with Crippen LogP contribution in [0.3, 0.4) is 0 Å². The second-order valence-corrected chi connectivity index (χ2v) is 6.51. The van der Waals surface area contributed by atoms with Crippen LogP contribution in [0.15, 0.2) is 18.2 Å². The second-order valence-electron chi connectivity index (χ2n) is 4.55. The van der Waals surface area contributed by atoms with E-state index in [2.05, 4.69) is 17.4 Å². The van der Waals surface area contributed by atoms with Crippen LogP contribution in [0.2, 0.25) is 10.0 Å². The van der Waals surface area contributed by atoms with Crippen molar-refractivity contribution in [3.05, 3.63) is 33.8 Å².